The van der Waals surface area contributed by atoms with Crippen LogP contribution in [0, 0.1) is 6.92 Å². The first-order chi connectivity index (χ1) is 12.9. The molecular weight excluding hydrogens is 364 g/mol. The van der Waals surface area contributed by atoms with Gasteiger partial charge in [-0.1, -0.05) is 18.2 Å². The highest BCUT2D eigenvalue weighted by Crippen LogP contribution is 2.33. The molecule has 1 amide bonds. The molecule has 7 heteroatoms. The minimum absolute atomic E-state index is 0.0814. The first-order valence-corrected chi connectivity index (χ1v) is 8.93. The number of nitrogens with zero attached hydrogens (tertiary/aromatic N) is 2. The number of benzene rings is 2. The maximum absolute atomic E-state index is 12.5. The maximum Gasteiger partial charge on any atom is 0.266 e. The Morgan fingerprint density at radius 1 is 1.22 bits per heavy atom. The number of methoxy groups -OCH3 is 1. The van der Waals surface area contributed by atoms with E-state index in [1.807, 2.05) is 31.2 Å². The quantitative estimate of drug-likeness (QED) is 0.761. The Labute approximate surface area is 161 Å². The fourth-order valence-corrected chi connectivity index (χ4v) is 3.56. The molecule has 1 aliphatic rings. The van der Waals surface area contributed by atoms with Gasteiger partial charge < -0.3 is 14.6 Å². The molecule has 2 aromatic rings. The molecule has 138 valence electrons. The van der Waals surface area contributed by atoms with Crippen molar-refractivity contribution < 1.29 is 19.4 Å². The van der Waals surface area contributed by atoms with Crippen molar-refractivity contribution in [3.63, 3.8) is 0 Å². The van der Waals surface area contributed by atoms with Gasteiger partial charge in [-0.2, -0.15) is 0 Å². The summed E-state index contributed by atoms with van der Waals surface area (Å²) in [6, 6.07) is 11.7. The monoisotopic (exact) mass is 381 g/mol. The number of amidine groups is 1. The molecule has 1 heterocycles. The molecule has 0 radical (unpaired) electrons. The van der Waals surface area contributed by atoms with E-state index in [4.69, 9.17) is 4.74 Å². The predicted molar refractivity (Wildman–Crippen MR) is 104 cm³/mol. The Balaban J connectivity index is 1.85. The van der Waals surface area contributed by atoms with Crippen molar-refractivity contribution in [2.75, 3.05) is 14.2 Å². The van der Waals surface area contributed by atoms with Crippen molar-refractivity contribution in [1.29, 1.82) is 0 Å². The smallest absolute Gasteiger partial charge is 0.266 e. The van der Waals surface area contributed by atoms with Crippen LogP contribution < -0.4 is 9.84 Å². The number of carbonyl (C=O) groups excluding carboxylic acids is 2. The lowest BCUT2D eigenvalue weighted by Crippen LogP contribution is -2.23. The van der Waals surface area contributed by atoms with E-state index in [9.17, 15) is 14.7 Å². The molecule has 0 bridgehead atoms. The van der Waals surface area contributed by atoms with Gasteiger partial charge >= 0.3 is 0 Å². The highest BCUT2D eigenvalue weighted by Gasteiger charge is 2.30. The number of thioether (sulfide) groups is 1. The number of hydrogen-bond donors (Lipinski definition) is 0. The number of aromatic carboxylic acids is 1. The zero-order valence-corrected chi connectivity index (χ0v) is 15.9. The third kappa shape index (κ3) is 4.03. The van der Waals surface area contributed by atoms with Gasteiger partial charge in [0, 0.05) is 7.05 Å². The molecule has 0 aliphatic carbocycles. The number of carboxylic acids is 1. The molecule has 6 nitrogen and oxygen atoms in total. The Hall–Kier alpha value is -3.06. The first-order valence-electron chi connectivity index (χ1n) is 8.11. The molecule has 1 saturated heterocycles. The van der Waals surface area contributed by atoms with Crippen molar-refractivity contribution in [2.24, 2.45) is 4.99 Å². The molecule has 0 N–H and O–H groups in total. The van der Waals surface area contributed by atoms with Crippen molar-refractivity contribution in [3.8, 4) is 5.75 Å². The molecule has 1 aliphatic heterocycles. The van der Waals surface area contributed by atoms with Crippen LogP contribution in [0.4, 0.5) is 5.69 Å². The summed E-state index contributed by atoms with van der Waals surface area (Å²) in [5.74, 6) is -0.586. The lowest BCUT2D eigenvalue weighted by Gasteiger charge is -2.07. The van der Waals surface area contributed by atoms with Gasteiger partial charge in [0.1, 0.15) is 5.75 Å². The van der Waals surface area contributed by atoms with Crippen LogP contribution in [-0.2, 0) is 4.79 Å². The van der Waals surface area contributed by atoms with Gasteiger partial charge in [-0.3, -0.25) is 9.69 Å². The minimum atomic E-state index is -1.24. The van der Waals surface area contributed by atoms with Gasteiger partial charge in [0.15, 0.2) is 5.17 Å². The fourth-order valence-electron chi connectivity index (χ4n) is 2.58. The van der Waals surface area contributed by atoms with Crippen LogP contribution >= 0.6 is 11.8 Å². The molecule has 0 unspecified atom stereocenters. The summed E-state index contributed by atoms with van der Waals surface area (Å²) in [5, 5.41) is 11.3. The summed E-state index contributed by atoms with van der Waals surface area (Å²) in [5.41, 5.74) is 2.52. The van der Waals surface area contributed by atoms with Crippen LogP contribution in [0.1, 0.15) is 21.5 Å². The van der Waals surface area contributed by atoms with Crippen molar-refractivity contribution in [1.82, 2.24) is 4.90 Å². The van der Waals surface area contributed by atoms with Crippen LogP contribution in [0.2, 0.25) is 0 Å². The number of ether oxygens (including phenoxy) is 1. The number of amides is 1. The van der Waals surface area contributed by atoms with Crippen molar-refractivity contribution in [3.05, 3.63) is 64.1 Å². The Bertz CT molecular complexity index is 964. The second-order valence-corrected chi connectivity index (χ2v) is 6.94. The zero-order valence-electron chi connectivity index (χ0n) is 15.1. The molecule has 0 spiro atoms. The van der Waals surface area contributed by atoms with Crippen LogP contribution in [-0.4, -0.2) is 36.1 Å². The van der Waals surface area contributed by atoms with E-state index < -0.39 is 5.97 Å². The van der Waals surface area contributed by atoms with Gasteiger partial charge in [-0.05, 0) is 65.7 Å². The largest absolute Gasteiger partial charge is 0.545 e. The summed E-state index contributed by atoms with van der Waals surface area (Å²) in [6.45, 7) is 1.94. The minimum Gasteiger partial charge on any atom is -0.545 e. The maximum atomic E-state index is 12.5. The summed E-state index contributed by atoms with van der Waals surface area (Å²) >= 11 is 1.27. The molecule has 1 fully saturated rings. The van der Waals surface area contributed by atoms with Crippen LogP contribution in [0.15, 0.2) is 52.4 Å². The second kappa shape index (κ2) is 7.67. The average Bonchev–Trinajstić information content (AvgIpc) is 2.90. The second-order valence-electron chi connectivity index (χ2n) is 5.93. The number of carboxylic acid groups (broad SMARTS) is 1. The highest BCUT2D eigenvalue weighted by molar-refractivity contribution is 8.18. The van der Waals surface area contributed by atoms with Crippen molar-refractivity contribution >= 4 is 40.6 Å². The van der Waals surface area contributed by atoms with Crippen LogP contribution in [0.25, 0.3) is 6.08 Å². The Kier molecular flexibility index (Phi) is 5.32. The third-order valence-electron chi connectivity index (χ3n) is 4.05. The number of likely N-dealkylation sites (N-methyl/N-ethyl adjacent to an activating group) is 1. The molecule has 27 heavy (non-hydrogen) atoms. The normalized spacial score (nSPS) is 17.0. The SMILES string of the molecule is COc1ccc(/C=C2\SC(=Nc3ccc(C(=O)[O-])cc3)N(C)C2=O)cc1C. The van der Waals surface area contributed by atoms with Crippen LogP contribution in [0.3, 0.4) is 0 Å². The van der Waals surface area contributed by atoms with E-state index in [1.54, 1.807) is 26.3 Å². The molecule has 0 atom stereocenters. The number of carbonyl (C=O) groups is 2. The van der Waals surface area contributed by atoms with E-state index in [-0.39, 0.29) is 11.5 Å². The predicted octanol–water partition coefficient (Wildman–Crippen LogP) is 2.60. The van der Waals surface area contributed by atoms with E-state index >= 15 is 0 Å². The fraction of sp³-hybridized carbons (Fsp3) is 0.150. The van der Waals surface area contributed by atoms with Gasteiger partial charge in [0.2, 0.25) is 0 Å². The molecule has 2 aromatic carbocycles. The average molecular weight is 381 g/mol. The van der Waals surface area contributed by atoms with Gasteiger partial charge in [0.25, 0.3) is 5.91 Å². The van der Waals surface area contributed by atoms with E-state index in [0.29, 0.717) is 15.8 Å². The summed E-state index contributed by atoms with van der Waals surface area (Å²) in [7, 11) is 3.28. The van der Waals surface area contributed by atoms with Crippen molar-refractivity contribution in [2.45, 2.75) is 6.92 Å². The van der Waals surface area contributed by atoms with Gasteiger partial charge in [-0.15, -0.1) is 0 Å². The third-order valence-corrected chi connectivity index (χ3v) is 5.11. The van der Waals surface area contributed by atoms with E-state index in [0.717, 1.165) is 16.9 Å². The topological polar surface area (TPSA) is 82.0 Å². The Morgan fingerprint density at radius 2 is 1.93 bits per heavy atom. The summed E-state index contributed by atoms with van der Waals surface area (Å²) in [4.78, 5) is 29.8. The van der Waals surface area contributed by atoms with E-state index in [1.165, 1.54) is 28.8 Å². The van der Waals surface area contributed by atoms with Gasteiger partial charge in [0.05, 0.1) is 23.7 Å². The lowest BCUT2D eigenvalue weighted by atomic mass is 10.1. The number of hydrogen-bond acceptors (Lipinski definition) is 6. The molecule has 0 saturated carbocycles. The van der Waals surface area contributed by atoms with E-state index in [2.05, 4.69) is 4.99 Å². The Morgan fingerprint density at radius 3 is 2.52 bits per heavy atom. The van der Waals surface area contributed by atoms with Crippen LogP contribution in [0.5, 0.6) is 5.75 Å². The number of rotatable bonds is 4. The lowest BCUT2D eigenvalue weighted by molar-refractivity contribution is -0.255. The summed E-state index contributed by atoms with van der Waals surface area (Å²) in [6.07, 6.45) is 1.82. The first kappa shape index (κ1) is 18.7. The molecule has 3 rings (SSSR count). The standard InChI is InChI=1S/C20H18N2O4S/c1-12-10-13(4-9-16(12)26-3)11-17-18(23)22(2)20(27-17)21-15-7-5-14(6-8-15)19(24)25/h4-11H,1-3H3,(H,24,25)/p-1/b17-11-,21-20?. The van der Waals surface area contributed by atoms with Gasteiger partial charge in [-0.25, -0.2) is 4.99 Å². The zero-order chi connectivity index (χ0) is 19.6. The highest BCUT2D eigenvalue weighted by atomic mass is 32.2. The number of aliphatic imine (C=N–C) groups is 1. The molecule has 0 aromatic heterocycles. The summed E-state index contributed by atoms with van der Waals surface area (Å²) < 4.78 is 5.25. The number of aryl methyl sites for hydroxylation is 1. The molecular formula is C20H17N2O4S-.